The summed E-state index contributed by atoms with van der Waals surface area (Å²) < 4.78 is 0. The standard InChI is InChI=1S/C2H4O2.Rb.H/c1-2(3)4;;/h1H3,(H,3,4);;. The third kappa shape index (κ3) is 34.8. The summed E-state index contributed by atoms with van der Waals surface area (Å²) in [5, 5.41) is 7.42. The summed E-state index contributed by atoms with van der Waals surface area (Å²) in [4.78, 5) is 9.00. The van der Waals surface area contributed by atoms with E-state index in [2.05, 4.69) is 0 Å². The molecule has 26 valence electrons. The van der Waals surface area contributed by atoms with Gasteiger partial charge in [-0.2, -0.15) is 0 Å². The van der Waals surface area contributed by atoms with Crippen LogP contribution in [0.15, 0.2) is 0 Å². The number of hydrogen-bond donors (Lipinski definition) is 1. The Kier molecular flexibility index (Phi) is 10.1. The molecule has 0 atom stereocenters. The van der Waals surface area contributed by atoms with Crippen LogP contribution in [0.2, 0.25) is 0 Å². The van der Waals surface area contributed by atoms with E-state index in [0.717, 1.165) is 6.92 Å². The van der Waals surface area contributed by atoms with E-state index < -0.39 is 5.97 Å². The zero-order chi connectivity index (χ0) is 3.58. The predicted octanol–water partition coefficient (Wildman–Crippen LogP) is -0.558. The van der Waals surface area contributed by atoms with Crippen LogP contribution in [0.5, 0.6) is 0 Å². The van der Waals surface area contributed by atoms with Crippen molar-refractivity contribution in [3.8, 4) is 0 Å². The zero-order valence-corrected chi connectivity index (χ0v) is 2.36. The van der Waals surface area contributed by atoms with E-state index in [1.165, 1.54) is 0 Å². The molecular formula is C2H5O2Rb. The molecular weight excluding hydrogens is 141 g/mol. The normalized spacial score (nSPS) is 5.00. The second kappa shape index (κ2) is 5.28. The maximum absolute atomic E-state index is 9.00. The zero-order valence-electron chi connectivity index (χ0n) is 2.36. The van der Waals surface area contributed by atoms with Gasteiger partial charge in [0.25, 0.3) is 5.97 Å². The van der Waals surface area contributed by atoms with Gasteiger partial charge in [-0.05, 0) is 0 Å². The topological polar surface area (TPSA) is 37.3 Å². The van der Waals surface area contributed by atoms with Crippen LogP contribution in [0.4, 0.5) is 0 Å². The second-order valence-corrected chi connectivity index (χ2v) is 0.519. The van der Waals surface area contributed by atoms with E-state index in [0.29, 0.717) is 0 Å². The quantitative estimate of drug-likeness (QED) is 0.498. The van der Waals surface area contributed by atoms with E-state index in [1.54, 1.807) is 0 Å². The molecule has 1 N–H and O–H groups in total. The molecule has 0 aromatic carbocycles. The van der Waals surface area contributed by atoms with E-state index in [-0.39, 0.29) is 58.2 Å². The van der Waals surface area contributed by atoms with Crippen LogP contribution in [0.1, 0.15) is 6.92 Å². The number of carboxylic acids is 1. The molecule has 0 aliphatic heterocycles. The Labute approximate surface area is 79.4 Å². The van der Waals surface area contributed by atoms with E-state index in [9.17, 15) is 0 Å². The molecule has 0 amide bonds. The van der Waals surface area contributed by atoms with Gasteiger partial charge in [0.15, 0.2) is 0 Å². The Balaban J connectivity index is 0. The predicted molar refractivity (Wildman–Crippen MR) is 20.5 cm³/mol. The molecule has 0 aliphatic carbocycles. The first kappa shape index (κ1) is 9.55. The van der Waals surface area contributed by atoms with Crippen molar-refractivity contribution in [1.29, 1.82) is 0 Å². The summed E-state index contributed by atoms with van der Waals surface area (Å²) in [6.07, 6.45) is 0. The average Bonchev–Trinajstić information content (AvgIpc) is 0.811. The van der Waals surface area contributed by atoms with E-state index >= 15 is 0 Å². The molecule has 0 saturated carbocycles. The van der Waals surface area contributed by atoms with Gasteiger partial charge in [-0.25, -0.2) is 0 Å². The minimum absolute atomic E-state index is 0. The SMILES string of the molecule is CC(=O)O.[RbH]. The van der Waals surface area contributed by atoms with E-state index in [4.69, 9.17) is 9.90 Å². The summed E-state index contributed by atoms with van der Waals surface area (Å²) in [5.41, 5.74) is 0. The summed E-state index contributed by atoms with van der Waals surface area (Å²) in [7, 11) is 0. The van der Waals surface area contributed by atoms with Gasteiger partial charge >= 0.3 is 58.2 Å². The third-order valence-electron chi connectivity index (χ3n) is 0. The van der Waals surface area contributed by atoms with Crippen molar-refractivity contribution in [3.63, 3.8) is 0 Å². The van der Waals surface area contributed by atoms with Crippen LogP contribution in [0.3, 0.4) is 0 Å². The number of rotatable bonds is 0. The van der Waals surface area contributed by atoms with Gasteiger partial charge in [-0.15, -0.1) is 0 Å². The third-order valence-corrected chi connectivity index (χ3v) is 0. The van der Waals surface area contributed by atoms with Crippen LogP contribution in [-0.4, -0.2) is 69.3 Å². The van der Waals surface area contributed by atoms with Crippen molar-refractivity contribution in [2.45, 2.75) is 6.92 Å². The molecule has 0 radical (unpaired) electrons. The molecule has 0 unspecified atom stereocenters. The molecule has 0 fully saturated rings. The fraction of sp³-hybridized carbons (Fsp3) is 0.500. The van der Waals surface area contributed by atoms with Crippen molar-refractivity contribution < 1.29 is 9.90 Å². The molecule has 0 saturated heterocycles. The van der Waals surface area contributed by atoms with Gasteiger partial charge < -0.3 is 5.11 Å². The molecule has 0 spiro atoms. The first-order valence-corrected chi connectivity index (χ1v) is 0.928. The minimum atomic E-state index is -0.833. The Morgan fingerprint density at radius 2 is 1.80 bits per heavy atom. The van der Waals surface area contributed by atoms with Gasteiger partial charge in [0.2, 0.25) is 0 Å². The molecule has 3 heteroatoms. The Morgan fingerprint density at radius 1 is 1.80 bits per heavy atom. The molecule has 0 heterocycles. The first-order chi connectivity index (χ1) is 1.73. The van der Waals surface area contributed by atoms with Gasteiger partial charge in [0.1, 0.15) is 0 Å². The van der Waals surface area contributed by atoms with E-state index in [1.807, 2.05) is 0 Å². The molecule has 0 aromatic heterocycles. The summed E-state index contributed by atoms with van der Waals surface area (Å²) in [6, 6.07) is 0. The monoisotopic (exact) mass is 146 g/mol. The van der Waals surface area contributed by atoms with Gasteiger partial charge in [0.05, 0.1) is 0 Å². The van der Waals surface area contributed by atoms with Gasteiger partial charge in [-0.1, -0.05) is 0 Å². The summed E-state index contributed by atoms with van der Waals surface area (Å²) >= 11 is 0. The van der Waals surface area contributed by atoms with Gasteiger partial charge in [-0.3, -0.25) is 4.79 Å². The number of aliphatic carboxylic acids is 1. The van der Waals surface area contributed by atoms with Crippen molar-refractivity contribution in [2.75, 3.05) is 0 Å². The number of hydrogen-bond acceptors (Lipinski definition) is 1. The van der Waals surface area contributed by atoms with Crippen LogP contribution in [-0.2, 0) is 4.79 Å². The van der Waals surface area contributed by atoms with Crippen molar-refractivity contribution in [2.24, 2.45) is 0 Å². The van der Waals surface area contributed by atoms with Gasteiger partial charge in [0, 0.05) is 6.92 Å². The number of carbonyl (C=O) groups is 1. The molecule has 2 nitrogen and oxygen atoms in total. The summed E-state index contributed by atoms with van der Waals surface area (Å²) in [5.74, 6) is -0.833. The fourth-order valence-corrected chi connectivity index (χ4v) is 0. The molecule has 0 aromatic rings. The molecule has 5 heavy (non-hydrogen) atoms. The first-order valence-electron chi connectivity index (χ1n) is 0.928. The average molecular weight is 147 g/mol. The Bertz CT molecular complexity index is 30.6. The van der Waals surface area contributed by atoms with Crippen molar-refractivity contribution >= 4 is 64.2 Å². The molecule has 0 aliphatic rings. The van der Waals surface area contributed by atoms with Crippen molar-refractivity contribution in [3.05, 3.63) is 0 Å². The van der Waals surface area contributed by atoms with Crippen LogP contribution >= 0.6 is 0 Å². The van der Waals surface area contributed by atoms with Crippen LogP contribution < -0.4 is 0 Å². The fourth-order valence-electron chi connectivity index (χ4n) is 0. The second-order valence-electron chi connectivity index (χ2n) is 0.519. The maximum atomic E-state index is 9.00. The van der Waals surface area contributed by atoms with Crippen LogP contribution in [0.25, 0.3) is 0 Å². The summed E-state index contributed by atoms with van der Waals surface area (Å²) in [6.45, 7) is 1.08. The Morgan fingerprint density at radius 3 is 1.80 bits per heavy atom. The Hall–Kier alpha value is 1.28. The molecule has 0 bridgehead atoms. The van der Waals surface area contributed by atoms with Crippen LogP contribution in [0, 0.1) is 0 Å². The van der Waals surface area contributed by atoms with Crippen molar-refractivity contribution in [1.82, 2.24) is 0 Å². The molecule has 0 rings (SSSR count). The number of carboxylic acid groups (broad SMARTS) is 1.